The lowest BCUT2D eigenvalue weighted by Crippen LogP contribution is -2.42. The Balaban J connectivity index is 0.00000256. The molecule has 1 aliphatic heterocycles. The first-order valence-corrected chi connectivity index (χ1v) is 6.24. The highest BCUT2D eigenvalue weighted by Gasteiger charge is 2.23. The second-order valence-electron chi connectivity index (χ2n) is 4.69. The van der Waals surface area contributed by atoms with Gasteiger partial charge in [0.25, 0.3) is 0 Å². The van der Waals surface area contributed by atoms with Gasteiger partial charge < -0.3 is 15.4 Å². The summed E-state index contributed by atoms with van der Waals surface area (Å²) in [5.74, 6) is 0.696. The molecule has 1 saturated heterocycles. The van der Waals surface area contributed by atoms with Crippen molar-refractivity contribution >= 4 is 18.3 Å². The molecule has 1 fully saturated rings. The van der Waals surface area contributed by atoms with E-state index in [0.717, 1.165) is 32.7 Å². The third-order valence-corrected chi connectivity index (χ3v) is 2.93. The maximum Gasteiger partial charge on any atom is 0.224 e. The van der Waals surface area contributed by atoms with Crippen LogP contribution >= 0.6 is 12.4 Å². The van der Waals surface area contributed by atoms with Crippen molar-refractivity contribution < 1.29 is 9.53 Å². The number of halogens is 1. The third-order valence-electron chi connectivity index (χ3n) is 2.93. The van der Waals surface area contributed by atoms with E-state index in [1.807, 2.05) is 18.7 Å². The summed E-state index contributed by atoms with van der Waals surface area (Å²) in [6.07, 6.45) is 2.71. The number of ether oxygens (including phenoxy) is 1. The fraction of sp³-hybridized carbons (Fsp3) is 0.917. The first-order valence-electron chi connectivity index (χ1n) is 6.24. The highest BCUT2D eigenvalue weighted by molar-refractivity contribution is 5.85. The lowest BCUT2D eigenvalue weighted by atomic mass is 9.98. The summed E-state index contributed by atoms with van der Waals surface area (Å²) in [4.78, 5) is 13.8. The Morgan fingerprint density at radius 1 is 1.59 bits per heavy atom. The monoisotopic (exact) mass is 264 g/mol. The summed E-state index contributed by atoms with van der Waals surface area (Å²) in [5.41, 5.74) is 5.64. The zero-order valence-corrected chi connectivity index (χ0v) is 11.7. The van der Waals surface area contributed by atoms with Crippen LogP contribution in [0, 0.1) is 5.92 Å². The van der Waals surface area contributed by atoms with E-state index in [2.05, 4.69) is 0 Å². The number of likely N-dealkylation sites (tertiary alicyclic amines) is 1. The molecular formula is C12H25ClN2O2. The van der Waals surface area contributed by atoms with Gasteiger partial charge in [0.05, 0.1) is 6.61 Å². The Kier molecular flexibility index (Phi) is 8.56. The van der Waals surface area contributed by atoms with Gasteiger partial charge in [-0.3, -0.25) is 4.79 Å². The number of carbonyl (C=O) groups excluding carboxylic acids is 1. The largest absolute Gasteiger partial charge is 0.381 e. The first kappa shape index (κ1) is 16.7. The molecule has 0 aromatic heterocycles. The molecule has 0 bridgehead atoms. The topological polar surface area (TPSA) is 55.6 Å². The molecule has 1 aliphatic rings. The van der Waals surface area contributed by atoms with Gasteiger partial charge in [-0.05, 0) is 32.6 Å². The summed E-state index contributed by atoms with van der Waals surface area (Å²) in [5, 5.41) is 0. The van der Waals surface area contributed by atoms with Crippen LogP contribution in [0.15, 0.2) is 0 Å². The molecule has 0 aromatic rings. The molecule has 5 heteroatoms. The number of carbonyl (C=O) groups is 1. The van der Waals surface area contributed by atoms with Gasteiger partial charge in [-0.25, -0.2) is 0 Å². The van der Waals surface area contributed by atoms with Crippen LogP contribution in [0.3, 0.4) is 0 Å². The Bertz CT molecular complexity index is 225. The number of nitrogens with zero attached hydrogens (tertiary/aromatic N) is 1. The van der Waals surface area contributed by atoms with E-state index in [1.165, 1.54) is 6.42 Å². The Morgan fingerprint density at radius 3 is 2.88 bits per heavy atom. The van der Waals surface area contributed by atoms with Crippen LogP contribution in [0.4, 0.5) is 0 Å². The smallest absolute Gasteiger partial charge is 0.224 e. The number of rotatable bonds is 5. The molecule has 17 heavy (non-hydrogen) atoms. The quantitative estimate of drug-likeness (QED) is 0.817. The molecule has 2 atom stereocenters. The van der Waals surface area contributed by atoms with Gasteiger partial charge in [-0.2, -0.15) is 0 Å². The van der Waals surface area contributed by atoms with Gasteiger partial charge >= 0.3 is 0 Å². The number of hydrogen-bond acceptors (Lipinski definition) is 3. The molecule has 0 saturated carbocycles. The SMILES string of the molecule is CCOCC1CCCN(C(=O)CC(C)N)C1.Cl. The van der Waals surface area contributed by atoms with Crippen molar-refractivity contribution in [3.05, 3.63) is 0 Å². The highest BCUT2D eigenvalue weighted by atomic mass is 35.5. The van der Waals surface area contributed by atoms with Crippen molar-refractivity contribution in [2.45, 2.75) is 39.2 Å². The van der Waals surface area contributed by atoms with E-state index >= 15 is 0 Å². The molecule has 0 aliphatic carbocycles. The summed E-state index contributed by atoms with van der Waals surface area (Å²) in [7, 11) is 0. The average molecular weight is 265 g/mol. The van der Waals surface area contributed by atoms with Crippen LogP contribution in [0.5, 0.6) is 0 Å². The summed E-state index contributed by atoms with van der Waals surface area (Å²) in [6.45, 7) is 7.13. The standard InChI is InChI=1S/C12H24N2O2.ClH/c1-3-16-9-11-5-4-6-14(8-11)12(15)7-10(2)13;/h10-11H,3-9,13H2,1-2H3;1H. The minimum absolute atomic E-state index is 0. The van der Waals surface area contributed by atoms with E-state index in [-0.39, 0.29) is 24.4 Å². The molecular weight excluding hydrogens is 240 g/mol. The molecule has 102 valence electrons. The maximum absolute atomic E-state index is 11.8. The molecule has 0 spiro atoms. The molecule has 2 unspecified atom stereocenters. The molecule has 0 radical (unpaired) electrons. The minimum atomic E-state index is -0.0419. The second-order valence-corrected chi connectivity index (χ2v) is 4.69. The molecule has 1 amide bonds. The van der Waals surface area contributed by atoms with E-state index in [4.69, 9.17) is 10.5 Å². The van der Waals surface area contributed by atoms with Crippen molar-refractivity contribution in [2.75, 3.05) is 26.3 Å². The van der Waals surface area contributed by atoms with E-state index in [1.54, 1.807) is 0 Å². The van der Waals surface area contributed by atoms with Crippen molar-refractivity contribution in [1.29, 1.82) is 0 Å². The zero-order chi connectivity index (χ0) is 12.0. The lowest BCUT2D eigenvalue weighted by Gasteiger charge is -2.33. The molecule has 4 nitrogen and oxygen atoms in total. The first-order chi connectivity index (χ1) is 7.63. The highest BCUT2D eigenvalue weighted by Crippen LogP contribution is 2.17. The van der Waals surface area contributed by atoms with Crippen LogP contribution in [0.25, 0.3) is 0 Å². The maximum atomic E-state index is 11.8. The fourth-order valence-electron chi connectivity index (χ4n) is 2.12. The van der Waals surface area contributed by atoms with Crippen molar-refractivity contribution in [3.8, 4) is 0 Å². The fourth-order valence-corrected chi connectivity index (χ4v) is 2.12. The number of nitrogens with two attached hydrogens (primary N) is 1. The predicted octanol–water partition coefficient (Wildman–Crippen LogP) is 1.42. The van der Waals surface area contributed by atoms with Crippen LogP contribution < -0.4 is 5.73 Å². The van der Waals surface area contributed by atoms with Crippen LogP contribution in [0.1, 0.15) is 33.1 Å². The summed E-state index contributed by atoms with van der Waals surface area (Å²) in [6, 6.07) is -0.0419. The number of hydrogen-bond donors (Lipinski definition) is 1. The van der Waals surface area contributed by atoms with E-state index < -0.39 is 0 Å². The van der Waals surface area contributed by atoms with Crippen molar-refractivity contribution in [3.63, 3.8) is 0 Å². The van der Waals surface area contributed by atoms with Gasteiger partial charge in [0.2, 0.25) is 5.91 Å². The van der Waals surface area contributed by atoms with Gasteiger partial charge in [0, 0.05) is 32.2 Å². The molecule has 1 rings (SSSR count). The third kappa shape index (κ3) is 6.24. The molecule has 2 N–H and O–H groups in total. The number of amides is 1. The van der Waals surface area contributed by atoms with E-state index in [0.29, 0.717) is 12.3 Å². The van der Waals surface area contributed by atoms with Gasteiger partial charge in [0.15, 0.2) is 0 Å². The Labute approximate surface area is 110 Å². The Morgan fingerprint density at radius 2 is 2.29 bits per heavy atom. The van der Waals surface area contributed by atoms with E-state index in [9.17, 15) is 4.79 Å². The molecule has 0 aromatic carbocycles. The summed E-state index contributed by atoms with van der Waals surface area (Å²) >= 11 is 0. The van der Waals surface area contributed by atoms with Crippen molar-refractivity contribution in [1.82, 2.24) is 4.90 Å². The zero-order valence-electron chi connectivity index (χ0n) is 10.9. The predicted molar refractivity (Wildman–Crippen MR) is 71.3 cm³/mol. The lowest BCUT2D eigenvalue weighted by molar-refractivity contribution is -0.133. The Hall–Kier alpha value is -0.320. The molecule has 1 heterocycles. The number of piperidine rings is 1. The normalized spacial score (nSPS) is 21.8. The minimum Gasteiger partial charge on any atom is -0.381 e. The van der Waals surface area contributed by atoms with Crippen LogP contribution in [-0.4, -0.2) is 43.2 Å². The average Bonchev–Trinajstić information content (AvgIpc) is 2.26. The summed E-state index contributed by atoms with van der Waals surface area (Å²) < 4.78 is 5.42. The van der Waals surface area contributed by atoms with Crippen LogP contribution in [0.2, 0.25) is 0 Å². The van der Waals surface area contributed by atoms with Gasteiger partial charge in [-0.1, -0.05) is 0 Å². The van der Waals surface area contributed by atoms with Crippen LogP contribution in [-0.2, 0) is 9.53 Å². The van der Waals surface area contributed by atoms with Gasteiger partial charge in [-0.15, -0.1) is 12.4 Å². The second kappa shape index (κ2) is 8.72. The van der Waals surface area contributed by atoms with Crippen molar-refractivity contribution in [2.24, 2.45) is 11.7 Å². The van der Waals surface area contributed by atoms with Gasteiger partial charge in [0.1, 0.15) is 0 Å².